The molecule has 0 aliphatic carbocycles. The lowest BCUT2D eigenvalue weighted by atomic mass is 10.3. The van der Waals surface area contributed by atoms with Crippen molar-refractivity contribution in [1.82, 2.24) is 4.90 Å². The number of nitrogens with zero attached hydrogens (tertiary/aromatic N) is 1. The third-order valence-corrected chi connectivity index (χ3v) is 3.14. The Kier molecular flexibility index (Phi) is 5.01. The van der Waals surface area contributed by atoms with Gasteiger partial charge in [-0.25, -0.2) is 0 Å². The van der Waals surface area contributed by atoms with Crippen LogP contribution in [0.5, 0.6) is 5.75 Å². The molecule has 1 aromatic rings. The molecule has 1 aliphatic heterocycles. The third kappa shape index (κ3) is 4.09. The van der Waals surface area contributed by atoms with Crippen molar-refractivity contribution in [3.8, 4) is 5.75 Å². The predicted octanol–water partition coefficient (Wildman–Crippen LogP) is 1.62. The van der Waals surface area contributed by atoms with E-state index in [1.165, 1.54) is 0 Å². The third-order valence-electron chi connectivity index (χ3n) is 2.91. The van der Waals surface area contributed by atoms with Gasteiger partial charge in [-0.15, -0.1) is 0 Å². The zero-order valence-corrected chi connectivity index (χ0v) is 11.6. The second kappa shape index (κ2) is 6.75. The van der Waals surface area contributed by atoms with Gasteiger partial charge in [-0.1, -0.05) is 11.6 Å². The fraction of sp³-hybridized carbons (Fsp3) is 0.462. The second-order valence-corrected chi connectivity index (χ2v) is 4.72. The summed E-state index contributed by atoms with van der Waals surface area (Å²) < 4.78 is 10.4. The van der Waals surface area contributed by atoms with Crippen LogP contribution in [0.25, 0.3) is 0 Å². The van der Waals surface area contributed by atoms with E-state index >= 15 is 0 Å². The number of carbonyl (C=O) groups is 1. The number of carbonyl (C=O) groups excluding carboxylic acids is 1. The number of nitrogens with one attached hydrogen (secondary N) is 1. The van der Waals surface area contributed by atoms with Crippen LogP contribution in [0.4, 0.5) is 5.69 Å². The van der Waals surface area contributed by atoms with Gasteiger partial charge in [-0.05, 0) is 18.2 Å². The SMILES string of the molecule is COc1ccc(Cl)cc1NC(=O)CN1CCOCC1. The molecule has 2 rings (SSSR count). The number of hydrogen-bond acceptors (Lipinski definition) is 4. The van der Waals surface area contributed by atoms with Crippen LogP contribution in [-0.2, 0) is 9.53 Å². The van der Waals surface area contributed by atoms with Gasteiger partial charge in [0.15, 0.2) is 0 Å². The molecule has 1 N–H and O–H groups in total. The van der Waals surface area contributed by atoms with E-state index in [1.54, 1.807) is 25.3 Å². The molecule has 19 heavy (non-hydrogen) atoms. The van der Waals surface area contributed by atoms with Gasteiger partial charge >= 0.3 is 0 Å². The Labute approximate surface area is 117 Å². The van der Waals surface area contributed by atoms with Crippen LogP contribution >= 0.6 is 11.6 Å². The highest BCUT2D eigenvalue weighted by Crippen LogP contribution is 2.27. The van der Waals surface area contributed by atoms with Crippen LogP contribution in [-0.4, -0.2) is 50.8 Å². The highest BCUT2D eigenvalue weighted by molar-refractivity contribution is 6.31. The van der Waals surface area contributed by atoms with Crippen molar-refractivity contribution >= 4 is 23.2 Å². The molecule has 1 aliphatic rings. The minimum atomic E-state index is -0.0810. The molecule has 6 heteroatoms. The summed E-state index contributed by atoms with van der Waals surface area (Å²) in [5.74, 6) is 0.516. The molecule has 0 bridgehead atoms. The summed E-state index contributed by atoms with van der Waals surface area (Å²) in [6.45, 7) is 3.25. The van der Waals surface area contributed by atoms with E-state index in [9.17, 15) is 4.79 Å². The van der Waals surface area contributed by atoms with Crippen molar-refractivity contribution in [2.45, 2.75) is 0 Å². The minimum Gasteiger partial charge on any atom is -0.495 e. The lowest BCUT2D eigenvalue weighted by Crippen LogP contribution is -2.41. The Hall–Kier alpha value is -1.30. The van der Waals surface area contributed by atoms with Crippen molar-refractivity contribution in [2.24, 2.45) is 0 Å². The molecular weight excluding hydrogens is 268 g/mol. The first kappa shape index (κ1) is 14.1. The van der Waals surface area contributed by atoms with E-state index in [4.69, 9.17) is 21.1 Å². The van der Waals surface area contributed by atoms with Crippen LogP contribution in [0, 0.1) is 0 Å². The Bertz CT molecular complexity index is 448. The molecule has 0 unspecified atom stereocenters. The second-order valence-electron chi connectivity index (χ2n) is 4.28. The van der Waals surface area contributed by atoms with Gasteiger partial charge in [0.25, 0.3) is 0 Å². The van der Waals surface area contributed by atoms with Crippen molar-refractivity contribution in [1.29, 1.82) is 0 Å². The average Bonchev–Trinajstić information content (AvgIpc) is 2.40. The van der Waals surface area contributed by atoms with E-state index in [0.29, 0.717) is 36.2 Å². The number of amides is 1. The largest absolute Gasteiger partial charge is 0.495 e. The molecule has 1 heterocycles. The van der Waals surface area contributed by atoms with Gasteiger partial charge in [-0.2, -0.15) is 0 Å². The van der Waals surface area contributed by atoms with Gasteiger partial charge in [0.1, 0.15) is 5.75 Å². The smallest absolute Gasteiger partial charge is 0.238 e. The first-order chi connectivity index (χ1) is 9.19. The number of ether oxygens (including phenoxy) is 2. The maximum absolute atomic E-state index is 12.0. The Morgan fingerprint density at radius 3 is 2.89 bits per heavy atom. The van der Waals surface area contributed by atoms with Gasteiger partial charge < -0.3 is 14.8 Å². The van der Waals surface area contributed by atoms with Crippen molar-refractivity contribution in [2.75, 3.05) is 45.3 Å². The minimum absolute atomic E-state index is 0.0810. The maximum Gasteiger partial charge on any atom is 0.238 e. The average molecular weight is 285 g/mol. The van der Waals surface area contributed by atoms with Crippen LogP contribution < -0.4 is 10.1 Å². The summed E-state index contributed by atoms with van der Waals surface area (Å²) in [6, 6.07) is 5.13. The molecule has 0 saturated carbocycles. The van der Waals surface area contributed by atoms with Crippen LogP contribution in [0.1, 0.15) is 0 Å². The lowest BCUT2D eigenvalue weighted by Gasteiger charge is -2.25. The number of benzene rings is 1. The molecule has 0 radical (unpaired) electrons. The van der Waals surface area contributed by atoms with E-state index < -0.39 is 0 Å². The highest BCUT2D eigenvalue weighted by Gasteiger charge is 2.15. The Morgan fingerprint density at radius 2 is 2.21 bits per heavy atom. The van der Waals surface area contributed by atoms with Gasteiger partial charge in [-0.3, -0.25) is 9.69 Å². The number of anilines is 1. The number of hydrogen-bond donors (Lipinski definition) is 1. The van der Waals surface area contributed by atoms with Gasteiger partial charge in [0.2, 0.25) is 5.91 Å². The maximum atomic E-state index is 12.0. The summed E-state index contributed by atoms with van der Waals surface area (Å²) in [6.07, 6.45) is 0. The van der Waals surface area contributed by atoms with Gasteiger partial charge in [0, 0.05) is 18.1 Å². The highest BCUT2D eigenvalue weighted by atomic mass is 35.5. The van der Waals surface area contributed by atoms with E-state index in [0.717, 1.165) is 13.1 Å². The van der Waals surface area contributed by atoms with Crippen molar-refractivity contribution in [3.05, 3.63) is 23.2 Å². The first-order valence-corrected chi connectivity index (χ1v) is 6.50. The Balaban J connectivity index is 1.95. The molecule has 1 amide bonds. The molecule has 0 spiro atoms. The quantitative estimate of drug-likeness (QED) is 0.913. The van der Waals surface area contributed by atoms with Gasteiger partial charge in [0.05, 0.1) is 32.6 Å². The predicted molar refractivity (Wildman–Crippen MR) is 73.9 cm³/mol. The number of rotatable bonds is 4. The lowest BCUT2D eigenvalue weighted by molar-refractivity contribution is -0.118. The summed E-state index contributed by atoms with van der Waals surface area (Å²) in [7, 11) is 1.56. The first-order valence-electron chi connectivity index (χ1n) is 6.12. The topological polar surface area (TPSA) is 50.8 Å². The fourth-order valence-electron chi connectivity index (χ4n) is 1.93. The van der Waals surface area contributed by atoms with E-state index in [-0.39, 0.29) is 5.91 Å². The summed E-state index contributed by atoms with van der Waals surface area (Å²) >= 11 is 5.92. The van der Waals surface area contributed by atoms with Crippen LogP contribution in [0.2, 0.25) is 5.02 Å². The summed E-state index contributed by atoms with van der Waals surface area (Å²) in [5.41, 5.74) is 0.591. The molecule has 0 aromatic heterocycles. The molecular formula is C13H17ClN2O3. The summed E-state index contributed by atoms with van der Waals surface area (Å²) in [4.78, 5) is 14.0. The number of halogens is 1. The van der Waals surface area contributed by atoms with E-state index in [2.05, 4.69) is 10.2 Å². The number of morpholine rings is 1. The van der Waals surface area contributed by atoms with Crippen LogP contribution in [0.3, 0.4) is 0 Å². The Morgan fingerprint density at radius 1 is 1.47 bits per heavy atom. The standard InChI is InChI=1S/C13H17ClN2O3/c1-18-12-3-2-10(14)8-11(12)15-13(17)9-16-4-6-19-7-5-16/h2-3,8H,4-7,9H2,1H3,(H,15,17). The molecule has 5 nitrogen and oxygen atoms in total. The molecule has 1 saturated heterocycles. The van der Waals surface area contributed by atoms with Crippen molar-refractivity contribution < 1.29 is 14.3 Å². The summed E-state index contributed by atoms with van der Waals surface area (Å²) in [5, 5.41) is 3.38. The molecule has 1 fully saturated rings. The molecule has 104 valence electrons. The zero-order chi connectivity index (χ0) is 13.7. The normalized spacial score (nSPS) is 16.1. The van der Waals surface area contributed by atoms with Crippen LogP contribution in [0.15, 0.2) is 18.2 Å². The molecule has 0 atom stereocenters. The number of methoxy groups -OCH3 is 1. The zero-order valence-electron chi connectivity index (χ0n) is 10.8. The fourth-order valence-corrected chi connectivity index (χ4v) is 2.10. The van der Waals surface area contributed by atoms with Crippen molar-refractivity contribution in [3.63, 3.8) is 0 Å². The molecule has 1 aromatic carbocycles. The monoisotopic (exact) mass is 284 g/mol. The van der Waals surface area contributed by atoms with E-state index in [1.807, 2.05) is 0 Å².